The average Bonchev–Trinajstić information content (AvgIpc) is 3.31. The van der Waals surface area contributed by atoms with Crippen molar-refractivity contribution in [2.45, 2.75) is 19.9 Å². The lowest BCUT2D eigenvalue weighted by molar-refractivity contribution is -0.147. The van der Waals surface area contributed by atoms with Gasteiger partial charge in [-0.05, 0) is 36.2 Å². The number of aryl methyl sites for hydroxylation is 1. The molecule has 1 aliphatic rings. The van der Waals surface area contributed by atoms with E-state index < -0.39 is 5.97 Å². The summed E-state index contributed by atoms with van der Waals surface area (Å²) in [6, 6.07) is 11.2. The van der Waals surface area contributed by atoms with Crippen LogP contribution in [0.2, 0.25) is 0 Å². The summed E-state index contributed by atoms with van der Waals surface area (Å²) in [4.78, 5) is 24.0. The van der Waals surface area contributed by atoms with Crippen LogP contribution in [0.4, 0.5) is 0 Å². The predicted octanol–water partition coefficient (Wildman–Crippen LogP) is 2.87. The van der Waals surface area contributed by atoms with Crippen LogP contribution in [0.5, 0.6) is 11.5 Å². The van der Waals surface area contributed by atoms with Crippen LogP contribution in [-0.2, 0) is 27.3 Å². The highest BCUT2D eigenvalue weighted by molar-refractivity contribution is 5.87. The van der Waals surface area contributed by atoms with E-state index in [9.17, 15) is 9.59 Å². The number of furan rings is 1. The van der Waals surface area contributed by atoms with Crippen LogP contribution in [0.25, 0.3) is 11.0 Å². The molecule has 1 aromatic heterocycles. The molecule has 0 aliphatic carbocycles. The molecule has 28 heavy (non-hydrogen) atoms. The minimum absolute atomic E-state index is 0.0471. The minimum atomic E-state index is -0.485. The van der Waals surface area contributed by atoms with Crippen LogP contribution < -0.4 is 14.8 Å². The average molecular weight is 381 g/mol. The van der Waals surface area contributed by atoms with Crippen LogP contribution in [0.15, 0.2) is 47.1 Å². The van der Waals surface area contributed by atoms with E-state index in [0.717, 1.165) is 27.7 Å². The van der Waals surface area contributed by atoms with E-state index in [2.05, 4.69) is 5.32 Å². The van der Waals surface area contributed by atoms with Crippen molar-refractivity contribution >= 4 is 22.8 Å². The van der Waals surface area contributed by atoms with Crippen LogP contribution in [-0.4, -0.2) is 25.3 Å². The zero-order chi connectivity index (χ0) is 19.5. The van der Waals surface area contributed by atoms with Crippen molar-refractivity contribution in [3.8, 4) is 11.5 Å². The van der Waals surface area contributed by atoms with Crippen molar-refractivity contribution in [3.05, 3.63) is 59.4 Å². The van der Waals surface area contributed by atoms with Crippen LogP contribution in [0.3, 0.4) is 0 Å². The van der Waals surface area contributed by atoms with Crippen molar-refractivity contribution in [1.29, 1.82) is 0 Å². The molecule has 0 radical (unpaired) electrons. The number of rotatable bonds is 6. The Labute approximate surface area is 161 Å². The van der Waals surface area contributed by atoms with E-state index in [0.29, 0.717) is 18.0 Å². The van der Waals surface area contributed by atoms with E-state index in [4.69, 9.17) is 18.6 Å². The zero-order valence-corrected chi connectivity index (χ0v) is 15.3. The van der Waals surface area contributed by atoms with Gasteiger partial charge < -0.3 is 23.9 Å². The number of nitrogens with one attached hydrogen (secondary N) is 1. The Balaban J connectivity index is 1.25. The Morgan fingerprint density at radius 1 is 1.11 bits per heavy atom. The Hall–Kier alpha value is -3.48. The van der Waals surface area contributed by atoms with Gasteiger partial charge in [0.25, 0.3) is 5.91 Å². The van der Waals surface area contributed by atoms with Gasteiger partial charge in [0.2, 0.25) is 6.79 Å². The normalized spacial score (nSPS) is 12.2. The number of carbonyl (C=O) groups is 2. The largest absolute Gasteiger partial charge is 0.464 e. The van der Waals surface area contributed by atoms with E-state index in [1.807, 2.05) is 31.2 Å². The quantitative estimate of drug-likeness (QED) is 0.661. The Morgan fingerprint density at radius 2 is 1.96 bits per heavy atom. The smallest absolute Gasteiger partial charge is 0.310 e. The summed E-state index contributed by atoms with van der Waals surface area (Å²) >= 11 is 0. The number of benzene rings is 2. The molecule has 2 aromatic carbocycles. The zero-order valence-electron chi connectivity index (χ0n) is 15.3. The molecule has 1 N–H and O–H groups in total. The van der Waals surface area contributed by atoms with Gasteiger partial charge in [0.15, 0.2) is 18.1 Å². The molecule has 0 spiro atoms. The second-order valence-corrected chi connectivity index (χ2v) is 6.56. The molecule has 3 aromatic rings. The van der Waals surface area contributed by atoms with Gasteiger partial charge in [-0.3, -0.25) is 9.59 Å². The standard InChI is InChI=1S/C21H19NO6/c1-13-2-4-16-15(10-25-18(16)6-13)8-21(24)26-11-20(23)22-9-14-3-5-17-19(7-14)28-12-27-17/h2-7,10H,8-9,11-12H2,1H3,(H,22,23). The maximum atomic E-state index is 12.1. The van der Waals surface area contributed by atoms with Gasteiger partial charge in [-0.1, -0.05) is 18.2 Å². The number of carbonyl (C=O) groups excluding carboxylic acids is 2. The Morgan fingerprint density at radius 3 is 2.86 bits per heavy atom. The third kappa shape index (κ3) is 3.93. The monoisotopic (exact) mass is 381 g/mol. The summed E-state index contributed by atoms with van der Waals surface area (Å²) in [5, 5.41) is 3.58. The highest BCUT2D eigenvalue weighted by Crippen LogP contribution is 2.32. The van der Waals surface area contributed by atoms with E-state index in [1.165, 1.54) is 0 Å². The molecule has 144 valence electrons. The fraction of sp³-hybridized carbons (Fsp3) is 0.238. The SMILES string of the molecule is Cc1ccc2c(CC(=O)OCC(=O)NCc3ccc4c(c3)OCO4)coc2c1. The molecule has 0 atom stereocenters. The number of hydrogen-bond acceptors (Lipinski definition) is 6. The highest BCUT2D eigenvalue weighted by atomic mass is 16.7. The van der Waals surface area contributed by atoms with Crippen molar-refractivity contribution in [1.82, 2.24) is 5.32 Å². The van der Waals surface area contributed by atoms with Gasteiger partial charge in [0.05, 0.1) is 12.7 Å². The highest BCUT2D eigenvalue weighted by Gasteiger charge is 2.15. The van der Waals surface area contributed by atoms with Crippen LogP contribution in [0, 0.1) is 6.92 Å². The number of amides is 1. The molecular formula is C21H19NO6. The van der Waals surface area contributed by atoms with Crippen molar-refractivity contribution in [2.75, 3.05) is 13.4 Å². The first kappa shape index (κ1) is 17.9. The van der Waals surface area contributed by atoms with Gasteiger partial charge in [-0.15, -0.1) is 0 Å². The number of fused-ring (bicyclic) bond motifs is 2. The second kappa shape index (κ2) is 7.64. The molecule has 0 saturated carbocycles. The third-order valence-electron chi connectivity index (χ3n) is 4.44. The predicted molar refractivity (Wildman–Crippen MR) is 100 cm³/mol. The van der Waals surface area contributed by atoms with E-state index in [1.54, 1.807) is 18.4 Å². The molecule has 0 saturated heterocycles. The van der Waals surface area contributed by atoms with Crippen LogP contribution >= 0.6 is 0 Å². The minimum Gasteiger partial charge on any atom is -0.464 e. The maximum absolute atomic E-state index is 12.1. The Kier molecular flexibility index (Phi) is 4.89. The van der Waals surface area contributed by atoms with Gasteiger partial charge in [-0.2, -0.15) is 0 Å². The summed E-state index contributed by atoms with van der Waals surface area (Å²) in [7, 11) is 0. The van der Waals surface area contributed by atoms with Gasteiger partial charge >= 0.3 is 5.97 Å². The maximum Gasteiger partial charge on any atom is 0.310 e. The molecule has 4 rings (SSSR count). The lowest BCUT2D eigenvalue weighted by Gasteiger charge is -2.07. The van der Waals surface area contributed by atoms with Gasteiger partial charge in [0.1, 0.15) is 5.58 Å². The summed E-state index contributed by atoms with van der Waals surface area (Å²) in [6.45, 7) is 2.14. The van der Waals surface area contributed by atoms with Gasteiger partial charge in [0, 0.05) is 17.5 Å². The Bertz CT molecular complexity index is 1040. The molecule has 1 aliphatic heterocycles. The third-order valence-corrected chi connectivity index (χ3v) is 4.44. The van der Waals surface area contributed by atoms with E-state index >= 15 is 0 Å². The number of esters is 1. The first-order valence-electron chi connectivity index (χ1n) is 8.86. The summed E-state index contributed by atoms with van der Waals surface area (Å²) in [6.07, 6.45) is 1.59. The van der Waals surface area contributed by atoms with E-state index in [-0.39, 0.29) is 25.7 Å². The second-order valence-electron chi connectivity index (χ2n) is 6.56. The number of hydrogen-bond donors (Lipinski definition) is 1. The summed E-state index contributed by atoms with van der Waals surface area (Å²) < 4.78 is 21.1. The first-order chi connectivity index (χ1) is 13.6. The summed E-state index contributed by atoms with van der Waals surface area (Å²) in [5.74, 6) is 0.479. The van der Waals surface area contributed by atoms with Crippen LogP contribution in [0.1, 0.15) is 16.7 Å². The lowest BCUT2D eigenvalue weighted by Crippen LogP contribution is -2.28. The fourth-order valence-electron chi connectivity index (χ4n) is 2.98. The molecule has 7 nitrogen and oxygen atoms in total. The molecule has 2 heterocycles. The molecule has 0 unspecified atom stereocenters. The molecule has 0 bridgehead atoms. The topological polar surface area (TPSA) is 87.0 Å². The number of ether oxygens (including phenoxy) is 3. The molecular weight excluding hydrogens is 362 g/mol. The van der Waals surface area contributed by atoms with Crippen molar-refractivity contribution in [3.63, 3.8) is 0 Å². The van der Waals surface area contributed by atoms with Gasteiger partial charge in [-0.25, -0.2) is 0 Å². The molecule has 7 heteroatoms. The van der Waals surface area contributed by atoms with Crippen molar-refractivity contribution in [2.24, 2.45) is 0 Å². The lowest BCUT2D eigenvalue weighted by atomic mass is 10.1. The first-order valence-corrected chi connectivity index (χ1v) is 8.86. The molecule has 0 fully saturated rings. The summed E-state index contributed by atoms with van der Waals surface area (Å²) in [5.41, 5.74) is 3.41. The molecule has 1 amide bonds. The van der Waals surface area contributed by atoms with Crippen molar-refractivity contribution < 1.29 is 28.2 Å². The fourth-order valence-corrected chi connectivity index (χ4v) is 2.98.